The van der Waals surface area contributed by atoms with Gasteiger partial charge in [-0.3, -0.25) is 9.69 Å². The van der Waals surface area contributed by atoms with Gasteiger partial charge in [0.25, 0.3) is 0 Å². The Bertz CT molecular complexity index is 214. The first-order valence-corrected chi connectivity index (χ1v) is 5.91. The van der Waals surface area contributed by atoms with Crippen LogP contribution in [0.2, 0.25) is 0 Å². The Kier molecular flexibility index (Phi) is 4.58. The molecule has 0 N–H and O–H groups in total. The van der Waals surface area contributed by atoms with Crippen LogP contribution in [0.5, 0.6) is 0 Å². The third-order valence-electron chi connectivity index (χ3n) is 2.87. The molecule has 1 fully saturated rings. The van der Waals surface area contributed by atoms with Gasteiger partial charge in [-0.25, -0.2) is 0 Å². The van der Waals surface area contributed by atoms with Gasteiger partial charge in [0.1, 0.15) is 0 Å². The van der Waals surface area contributed by atoms with E-state index >= 15 is 0 Å². The number of ether oxygens (including phenoxy) is 1. The fourth-order valence-electron chi connectivity index (χ4n) is 1.92. The normalized spacial score (nSPS) is 20.5. The Morgan fingerprint density at radius 2 is 2.20 bits per heavy atom. The van der Waals surface area contributed by atoms with Gasteiger partial charge in [0.15, 0.2) is 0 Å². The minimum Gasteiger partial charge on any atom is -0.465 e. The third-order valence-corrected chi connectivity index (χ3v) is 2.87. The van der Waals surface area contributed by atoms with Gasteiger partial charge >= 0.3 is 5.97 Å². The molecule has 0 amide bonds. The second kappa shape index (κ2) is 5.50. The Balaban J connectivity index is 2.16. The third kappa shape index (κ3) is 4.65. The maximum atomic E-state index is 11.4. The second-order valence-corrected chi connectivity index (χ2v) is 5.20. The van der Waals surface area contributed by atoms with Gasteiger partial charge in [-0.2, -0.15) is 0 Å². The van der Waals surface area contributed by atoms with Crippen molar-refractivity contribution in [1.29, 1.82) is 0 Å². The van der Waals surface area contributed by atoms with E-state index in [9.17, 15) is 4.79 Å². The summed E-state index contributed by atoms with van der Waals surface area (Å²) in [5, 5.41) is 0. The molecule has 0 aliphatic carbocycles. The number of esters is 1. The van der Waals surface area contributed by atoms with Gasteiger partial charge in [-0.15, -0.1) is 0 Å². The molecule has 0 aromatic rings. The van der Waals surface area contributed by atoms with Crippen LogP contribution in [0, 0.1) is 5.41 Å². The predicted molar refractivity (Wildman–Crippen MR) is 60.7 cm³/mol. The van der Waals surface area contributed by atoms with Crippen molar-refractivity contribution in [2.45, 2.75) is 40.0 Å². The van der Waals surface area contributed by atoms with E-state index in [-0.39, 0.29) is 5.97 Å². The van der Waals surface area contributed by atoms with Crippen molar-refractivity contribution in [3.05, 3.63) is 0 Å². The molecule has 0 spiro atoms. The highest BCUT2D eigenvalue weighted by molar-refractivity contribution is 5.71. The molecule has 1 rings (SSSR count). The van der Waals surface area contributed by atoms with Gasteiger partial charge in [0.05, 0.1) is 13.2 Å². The Hall–Kier alpha value is -0.570. The lowest BCUT2D eigenvalue weighted by Gasteiger charge is -2.18. The second-order valence-electron chi connectivity index (χ2n) is 5.20. The molecule has 1 aliphatic rings. The molecule has 0 aromatic carbocycles. The number of likely N-dealkylation sites (tertiary alicyclic amines) is 1. The molecule has 3 nitrogen and oxygen atoms in total. The molecule has 1 aliphatic heterocycles. The summed E-state index contributed by atoms with van der Waals surface area (Å²) in [7, 11) is 0. The topological polar surface area (TPSA) is 29.5 Å². The van der Waals surface area contributed by atoms with E-state index < -0.39 is 0 Å². The van der Waals surface area contributed by atoms with Crippen molar-refractivity contribution in [2.75, 3.05) is 26.2 Å². The van der Waals surface area contributed by atoms with Gasteiger partial charge in [-0.05, 0) is 24.8 Å². The summed E-state index contributed by atoms with van der Waals surface area (Å²) in [6, 6.07) is 0. The highest BCUT2D eigenvalue weighted by atomic mass is 16.5. The lowest BCUT2D eigenvalue weighted by atomic mass is 9.93. The summed E-state index contributed by atoms with van der Waals surface area (Å²) in [6.07, 6.45) is 3.22. The zero-order valence-electron chi connectivity index (χ0n) is 10.2. The minimum absolute atomic E-state index is 0.0684. The zero-order chi connectivity index (χ0) is 11.3. The van der Waals surface area contributed by atoms with Crippen LogP contribution in [0.4, 0.5) is 0 Å². The van der Waals surface area contributed by atoms with Gasteiger partial charge in [0.2, 0.25) is 0 Å². The van der Waals surface area contributed by atoms with Crippen molar-refractivity contribution in [3.8, 4) is 0 Å². The first-order valence-electron chi connectivity index (χ1n) is 5.91. The summed E-state index contributed by atoms with van der Waals surface area (Å²) in [4.78, 5) is 13.6. The van der Waals surface area contributed by atoms with Crippen molar-refractivity contribution in [2.24, 2.45) is 5.41 Å². The van der Waals surface area contributed by atoms with Crippen molar-refractivity contribution >= 4 is 5.97 Å². The number of hydrogen-bond donors (Lipinski definition) is 0. The first-order chi connectivity index (χ1) is 7.03. The predicted octanol–water partition coefficient (Wildman–Crippen LogP) is 2.06. The van der Waals surface area contributed by atoms with Gasteiger partial charge in [-0.1, -0.05) is 27.2 Å². The molecule has 0 unspecified atom stereocenters. The quantitative estimate of drug-likeness (QED) is 0.517. The van der Waals surface area contributed by atoms with E-state index in [4.69, 9.17) is 4.74 Å². The van der Waals surface area contributed by atoms with Crippen molar-refractivity contribution in [1.82, 2.24) is 4.90 Å². The van der Waals surface area contributed by atoms with Crippen molar-refractivity contribution in [3.63, 3.8) is 0 Å². The van der Waals surface area contributed by atoms with Crippen molar-refractivity contribution < 1.29 is 9.53 Å². The highest BCUT2D eigenvalue weighted by Gasteiger charge is 2.30. The van der Waals surface area contributed by atoms with Crippen LogP contribution >= 0.6 is 0 Å². The van der Waals surface area contributed by atoms with Crippen LogP contribution in [0.15, 0.2) is 0 Å². The zero-order valence-corrected chi connectivity index (χ0v) is 10.2. The highest BCUT2D eigenvalue weighted by Crippen LogP contribution is 2.28. The minimum atomic E-state index is -0.0684. The fourth-order valence-corrected chi connectivity index (χ4v) is 1.92. The van der Waals surface area contributed by atoms with Gasteiger partial charge in [0, 0.05) is 6.54 Å². The molecular formula is C12H23NO2. The molecule has 0 saturated carbocycles. The molecule has 1 heterocycles. The van der Waals surface area contributed by atoms with E-state index in [1.807, 2.05) is 0 Å². The first kappa shape index (κ1) is 12.5. The van der Waals surface area contributed by atoms with Crippen LogP contribution in [-0.4, -0.2) is 37.1 Å². The van der Waals surface area contributed by atoms with Crippen LogP contribution in [0.25, 0.3) is 0 Å². The van der Waals surface area contributed by atoms with E-state index in [1.165, 1.54) is 6.42 Å². The molecule has 15 heavy (non-hydrogen) atoms. The largest absolute Gasteiger partial charge is 0.465 e. The molecule has 0 aromatic heterocycles. The lowest BCUT2D eigenvalue weighted by molar-refractivity contribution is -0.144. The Morgan fingerprint density at radius 3 is 2.73 bits per heavy atom. The monoisotopic (exact) mass is 213 g/mol. The number of unbranched alkanes of at least 4 members (excludes halogenated alkanes) is 1. The van der Waals surface area contributed by atoms with Crippen LogP contribution in [0.3, 0.4) is 0 Å². The van der Waals surface area contributed by atoms with Gasteiger partial charge < -0.3 is 4.74 Å². The van der Waals surface area contributed by atoms with E-state index in [1.54, 1.807) is 0 Å². The molecule has 0 radical (unpaired) electrons. The number of carbonyl (C=O) groups is 1. The smallest absolute Gasteiger partial charge is 0.320 e. The number of rotatable bonds is 5. The van der Waals surface area contributed by atoms with Crippen LogP contribution < -0.4 is 0 Å². The standard InChI is InChI=1S/C12H23NO2/c1-4-5-8-15-11(14)9-13-7-6-12(2,3)10-13/h4-10H2,1-3H3. The van der Waals surface area contributed by atoms with E-state index in [0.717, 1.165) is 25.9 Å². The fraction of sp³-hybridized carbons (Fsp3) is 0.917. The molecule has 0 bridgehead atoms. The Morgan fingerprint density at radius 1 is 1.47 bits per heavy atom. The summed E-state index contributed by atoms with van der Waals surface area (Å²) in [5.41, 5.74) is 0.365. The maximum Gasteiger partial charge on any atom is 0.320 e. The molecule has 1 saturated heterocycles. The summed E-state index contributed by atoms with van der Waals surface area (Å²) in [5.74, 6) is -0.0684. The summed E-state index contributed by atoms with van der Waals surface area (Å²) >= 11 is 0. The molecule has 88 valence electrons. The molecular weight excluding hydrogens is 190 g/mol. The summed E-state index contributed by atoms with van der Waals surface area (Å²) in [6.45, 7) is 9.66. The number of hydrogen-bond acceptors (Lipinski definition) is 3. The average molecular weight is 213 g/mol. The SMILES string of the molecule is CCCCOC(=O)CN1CCC(C)(C)C1. The lowest BCUT2D eigenvalue weighted by Crippen LogP contribution is -2.30. The Labute approximate surface area is 92.8 Å². The number of carbonyl (C=O) groups excluding carboxylic acids is 1. The molecule has 0 atom stereocenters. The van der Waals surface area contributed by atoms with E-state index in [0.29, 0.717) is 18.6 Å². The van der Waals surface area contributed by atoms with Crippen LogP contribution in [0.1, 0.15) is 40.0 Å². The summed E-state index contributed by atoms with van der Waals surface area (Å²) < 4.78 is 5.13. The molecule has 3 heteroatoms. The maximum absolute atomic E-state index is 11.4. The average Bonchev–Trinajstić information content (AvgIpc) is 2.46. The number of nitrogens with zero attached hydrogens (tertiary/aromatic N) is 1. The van der Waals surface area contributed by atoms with Crippen LogP contribution in [-0.2, 0) is 9.53 Å². The van der Waals surface area contributed by atoms with E-state index in [2.05, 4.69) is 25.7 Å².